The first-order valence-corrected chi connectivity index (χ1v) is 7.60. The highest BCUT2D eigenvalue weighted by Gasteiger charge is 2.19. The molecule has 0 nitrogen and oxygen atoms in total. The number of hydrogen-bond acceptors (Lipinski definition) is 0. The molecule has 0 amide bonds. The van der Waals surface area contributed by atoms with Crippen LogP contribution in [0.3, 0.4) is 0 Å². The van der Waals surface area contributed by atoms with Crippen molar-refractivity contribution < 1.29 is 0 Å². The summed E-state index contributed by atoms with van der Waals surface area (Å²) < 4.78 is 0. The summed E-state index contributed by atoms with van der Waals surface area (Å²) in [6, 6.07) is 4.79. The quantitative estimate of drug-likeness (QED) is 0.681. The molecule has 0 heterocycles. The lowest BCUT2D eigenvalue weighted by Crippen LogP contribution is -2.29. The summed E-state index contributed by atoms with van der Waals surface area (Å²) in [5, 5.41) is 1.57. The van der Waals surface area contributed by atoms with Crippen LogP contribution in [-0.2, 0) is 5.41 Å². The van der Waals surface area contributed by atoms with Gasteiger partial charge in [-0.05, 0) is 29.4 Å². The van der Waals surface area contributed by atoms with E-state index in [2.05, 4.69) is 60.2 Å². The van der Waals surface area contributed by atoms with E-state index < -0.39 is 0 Å². The molecule has 1 aromatic carbocycles. The summed E-state index contributed by atoms with van der Waals surface area (Å²) in [4.78, 5) is 0. The second-order valence-corrected chi connectivity index (χ2v) is 6.92. The molecule has 1 aromatic rings. The van der Waals surface area contributed by atoms with Crippen molar-refractivity contribution in [1.29, 1.82) is 0 Å². The second kappa shape index (κ2) is 4.75. The lowest BCUT2D eigenvalue weighted by molar-refractivity contribution is 0.592. The van der Waals surface area contributed by atoms with Gasteiger partial charge in [-0.25, -0.2) is 0 Å². The zero-order valence-corrected chi connectivity index (χ0v) is 12.7. The van der Waals surface area contributed by atoms with Gasteiger partial charge in [0.25, 0.3) is 0 Å². The van der Waals surface area contributed by atoms with Crippen molar-refractivity contribution in [1.82, 2.24) is 0 Å². The first-order valence-electron chi connectivity index (χ1n) is 6.10. The van der Waals surface area contributed by atoms with Crippen LogP contribution in [0.5, 0.6) is 0 Å². The van der Waals surface area contributed by atoms with Gasteiger partial charge in [-0.3, -0.25) is 0 Å². The summed E-state index contributed by atoms with van der Waals surface area (Å²) in [5.74, 6) is 0.619. The van der Waals surface area contributed by atoms with Crippen molar-refractivity contribution in [3.63, 3.8) is 0 Å². The maximum absolute atomic E-state index is 2.42. The van der Waals surface area contributed by atoms with E-state index in [-0.39, 0.29) is 5.41 Å². The zero-order chi connectivity index (χ0) is 12.5. The fourth-order valence-corrected chi connectivity index (χ4v) is 3.25. The Bertz CT molecular complexity index is 370. The van der Waals surface area contributed by atoms with Gasteiger partial charge < -0.3 is 0 Å². The molecule has 2 radical (unpaired) electrons. The third-order valence-electron chi connectivity index (χ3n) is 3.08. The molecule has 0 aliphatic heterocycles. The Labute approximate surface area is 103 Å². The van der Waals surface area contributed by atoms with Crippen molar-refractivity contribution in [2.45, 2.75) is 59.4 Å². The highest BCUT2D eigenvalue weighted by molar-refractivity contribution is 6.53. The van der Waals surface area contributed by atoms with Gasteiger partial charge in [0.15, 0.2) is 0 Å². The molecule has 0 unspecified atom stereocenters. The van der Waals surface area contributed by atoms with E-state index in [0.29, 0.717) is 5.92 Å². The van der Waals surface area contributed by atoms with Gasteiger partial charge in [0.1, 0.15) is 0 Å². The van der Waals surface area contributed by atoms with Gasteiger partial charge in [0, 0.05) is 0 Å². The maximum Gasteiger partial charge on any atom is 0.0781 e. The molecule has 0 atom stereocenters. The van der Waals surface area contributed by atoms with E-state index >= 15 is 0 Å². The van der Waals surface area contributed by atoms with Gasteiger partial charge in [-0.15, -0.1) is 0 Å². The van der Waals surface area contributed by atoms with Crippen LogP contribution in [0.1, 0.15) is 57.2 Å². The summed E-state index contributed by atoms with van der Waals surface area (Å²) in [6.45, 7) is 16.0. The van der Waals surface area contributed by atoms with Crippen molar-refractivity contribution in [3.8, 4) is 0 Å². The molecule has 0 saturated heterocycles. The molecule has 16 heavy (non-hydrogen) atoms. The standard InChI is InChI=1S/C15H24Si/c1-10(2)12-8-11(3)14(16-7)13(9-12)15(4,5)6/h8-10H,1-7H3. The molecule has 0 saturated carbocycles. The average molecular weight is 232 g/mol. The van der Waals surface area contributed by atoms with Crippen LogP contribution in [0.2, 0.25) is 6.55 Å². The summed E-state index contributed by atoms with van der Waals surface area (Å²) in [7, 11) is 0.891. The summed E-state index contributed by atoms with van der Waals surface area (Å²) in [5.41, 5.74) is 4.74. The highest BCUT2D eigenvalue weighted by atomic mass is 28.2. The minimum absolute atomic E-state index is 0.258. The maximum atomic E-state index is 2.42. The summed E-state index contributed by atoms with van der Waals surface area (Å²) >= 11 is 0. The molecule has 0 aromatic heterocycles. The molecule has 0 aliphatic rings. The molecule has 0 N–H and O–H groups in total. The molecule has 0 fully saturated rings. The Morgan fingerprint density at radius 2 is 1.69 bits per heavy atom. The minimum atomic E-state index is 0.258. The first-order chi connectivity index (χ1) is 7.27. The lowest BCUT2D eigenvalue weighted by atomic mass is 9.83. The lowest BCUT2D eigenvalue weighted by Gasteiger charge is -2.26. The zero-order valence-electron chi connectivity index (χ0n) is 11.7. The van der Waals surface area contributed by atoms with Crippen molar-refractivity contribution in [2.24, 2.45) is 0 Å². The fraction of sp³-hybridized carbons (Fsp3) is 0.600. The molecule has 0 spiro atoms. The van der Waals surface area contributed by atoms with Crippen LogP contribution in [0.25, 0.3) is 0 Å². The molecular weight excluding hydrogens is 208 g/mol. The molecule has 1 rings (SSSR count). The van der Waals surface area contributed by atoms with E-state index in [4.69, 9.17) is 0 Å². The topological polar surface area (TPSA) is 0 Å². The monoisotopic (exact) mass is 232 g/mol. The minimum Gasteiger partial charge on any atom is -0.0688 e. The molecule has 88 valence electrons. The van der Waals surface area contributed by atoms with Gasteiger partial charge in [0.2, 0.25) is 0 Å². The Hall–Kier alpha value is -0.563. The molecule has 1 heteroatoms. The van der Waals surface area contributed by atoms with E-state index in [0.717, 1.165) is 9.52 Å². The SMILES string of the molecule is C[Si]c1c(C)cc(C(C)C)cc1C(C)(C)C. The molecule has 0 aliphatic carbocycles. The smallest absolute Gasteiger partial charge is 0.0688 e. The summed E-state index contributed by atoms with van der Waals surface area (Å²) in [6.07, 6.45) is 0. The van der Waals surface area contributed by atoms with Crippen LogP contribution >= 0.6 is 0 Å². The number of rotatable bonds is 2. The predicted octanol–water partition coefficient (Wildman–Crippen LogP) is 3.79. The van der Waals surface area contributed by atoms with Crippen molar-refractivity contribution in [2.75, 3.05) is 0 Å². The molecular formula is C15H24Si. The van der Waals surface area contributed by atoms with Gasteiger partial charge in [-0.1, -0.05) is 64.0 Å². The predicted molar refractivity (Wildman–Crippen MR) is 75.2 cm³/mol. The van der Waals surface area contributed by atoms with Crippen LogP contribution in [0, 0.1) is 6.92 Å². The van der Waals surface area contributed by atoms with E-state index in [1.807, 2.05) is 0 Å². The van der Waals surface area contributed by atoms with Gasteiger partial charge >= 0.3 is 0 Å². The van der Waals surface area contributed by atoms with Crippen molar-refractivity contribution >= 4 is 14.7 Å². The Balaban J connectivity index is 3.43. The van der Waals surface area contributed by atoms with Crippen LogP contribution < -0.4 is 5.19 Å². The Morgan fingerprint density at radius 3 is 2.06 bits per heavy atom. The average Bonchev–Trinajstić information content (AvgIpc) is 2.14. The van der Waals surface area contributed by atoms with Gasteiger partial charge in [0.05, 0.1) is 9.52 Å². The van der Waals surface area contributed by atoms with E-state index in [9.17, 15) is 0 Å². The van der Waals surface area contributed by atoms with E-state index in [1.54, 1.807) is 5.19 Å². The Morgan fingerprint density at radius 1 is 1.12 bits per heavy atom. The Kier molecular flexibility index (Phi) is 4.00. The molecule has 0 bridgehead atoms. The van der Waals surface area contributed by atoms with Gasteiger partial charge in [-0.2, -0.15) is 0 Å². The normalized spacial score (nSPS) is 12.2. The third kappa shape index (κ3) is 2.76. The first kappa shape index (κ1) is 13.5. The number of aryl methyl sites for hydroxylation is 1. The number of benzene rings is 1. The fourth-order valence-electron chi connectivity index (χ4n) is 2.07. The largest absolute Gasteiger partial charge is 0.0781 e. The highest BCUT2D eigenvalue weighted by Crippen LogP contribution is 2.25. The van der Waals surface area contributed by atoms with Crippen molar-refractivity contribution in [3.05, 3.63) is 28.8 Å². The van der Waals surface area contributed by atoms with E-state index in [1.165, 1.54) is 16.7 Å². The van der Waals surface area contributed by atoms with Crippen LogP contribution in [-0.4, -0.2) is 9.52 Å². The van der Waals surface area contributed by atoms with Crippen LogP contribution in [0.4, 0.5) is 0 Å². The third-order valence-corrected chi connectivity index (χ3v) is 4.25. The second-order valence-electron chi connectivity index (χ2n) is 5.92. The van der Waals surface area contributed by atoms with Crippen LogP contribution in [0.15, 0.2) is 12.1 Å². The number of hydrogen-bond donors (Lipinski definition) is 0.